The van der Waals surface area contributed by atoms with E-state index < -0.39 is 0 Å². The van der Waals surface area contributed by atoms with E-state index in [1.807, 2.05) is 13.8 Å². The van der Waals surface area contributed by atoms with Crippen LogP contribution < -0.4 is 0 Å². The zero-order valence-electron chi connectivity index (χ0n) is 10.1. The summed E-state index contributed by atoms with van der Waals surface area (Å²) in [5.74, 6) is -0.0968. The smallest absolute Gasteiger partial charge is 0.215 e. The maximum atomic E-state index is 12.2. The lowest BCUT2D eigenvalue weighted by Crippen LogP contribution is -2.10. The van der Waals surface area contributed by atoms with Gasteiger partial charge in [0.05, 0.1) is 11.4 Å². The topological polar surface area (TPSA) is 60.7 Å². The van der Waals surface area contributed by atoms with Crippen molar-refractivity contribution in [2.75, 3.05) is 0 Å². The first-order valence-electron chi connectivity index (χ1n) is 5.49. The monoisotopic (exact) mass is 230 g/mol. The molecule has 88 valence electrons. The molecule has 2 aromatic heterocycles. The number of ketones is 1. The lowest BCUT2D eigenvalue weighted by molar-refractivity contribution is 0.103. The van der Waals surface area contributed by atoms with Crippen molar-refractivity contribution in [3.05, 3.63) is 41.0 Å². The molecule has 0 saturated carbocycles. The van der Waals surface area contributed by atoms with E-state index in [4.69, 9.17) is 0 Å². The molecule has 0 aliphatic rings. The van der Waals surface area contributed by atoms with Crippen LogP contribution in [0.15, 0.2) is 18.3 Å². The van der Waals surface area contributed by atoms with Gasteiger partial charge in [-0.05, 0) is 25.5 Å². The molecule has 0 fully saturated rings. The van der Waals surface area contributed by atoms with Gasteiger partial charge >= 0.3 is 0 Å². The van der Waals surface area contributed by atoms with Crippen LogP contribution in [0.4, 0.5) is 0 Å². The fourth-order valence-electron chi connectivity index (χ4n) is 1.65. The number of nitrogens with zero attached hydrogens (tertiary/aromatic N) is 4. The summed E-state index contributed by atoms with van der Waals surface area (Å²) in [6, 6.07) is 3.47. The molecule has 0 bridgehead atoms. The Morgan fingerprint density at radius 1 is 1.41 bits per heavy atom. The highest BCUT2D eigenvalue weighted by molar-refractivity contribution is 6.08. The van der Waals surface area contributed by atoms with Crippen LogP contribution >= 0.6 is 0 Å². The second-order valence-corrected chi connectivity index (χ2v) is 3.90. The molecule has 0 aromatic carbocycles. The number of aryl methyl sites for hydroxylation is 3. The number of carbonyl (C=O) groups is 1. The zero-order valence-corrected chi connectivity index (χ0v) is 10.1. The lowest BCUT2D eigenvalue weighted by Gasteiger charge is -2.04. The SMILES string of the molecule is CCc1nnc(C)cc1C(=O)c1ccn(C)n1. The van der Waals surface area contributed by atoms with Crippen LogP contribution in [0.1, 0.15) is 34.4 Å². The van der Waals surface area contributed by atoms with E-state index in [1.165, 1.54) is 0 Å². The standard InChI is InChI=1S/C12H14N4O/c1-4-10-9(7-8(2)13-14-10)12(17)11-5-6-16(3)15-11/h5-7H,4H2,1-3H3. The first-order valence-corrected chi connectivity index (χ1v) is 5.49. The number of hydrogen-bond donors (Lipinski definition) is 0. The zero-order chi connectivity index (χ0) is 12.4. The van der Waals surface area contributed by atoms with Crippen molar-refractivity contribution in [3.63, 3.8) is 0 Å². The summed E-state index contributed by atoms with van der Waals surface area (Å²) in [6.45, 7) is 3.77. The molecule has 0 amide bonds. The van der Waals surface area contributed by atoms with E-state index in [9.17, 15) is 4.79 Å². The average molecular weight is 230 g/mol. The molecule has 2 aromatic rings. The van der Waals surface area contributed by atoms with Gasteiger partial charge in [-0.2, -0.15) is 15.3 Å². The fraction of sp³-hybridized carbons (Fsp3) is 0.333. The molecule has 2 rings (SSSR count). The van der Waals surface area contributed by atoms with Gasteiger partial charge in [-0.1, -0.05) is 6.92 Å². The molecule has 0 aliphatic heterocycles. The molecule has 5 heteroatoms. The number of hydrogen-bond acceptors (Lipinski definition) is 4. The Hall–Kier alpha value is -2.04. The molecule has 2 heterocycles. The Bertz CT molecular complexity index is 559. The van der Waals surface area contributed by atoms with Crippen LogP contribution in [0.25, 0.3) is 0 Å². The van der Waals surface area contributed by atoms with Crippen molar-refractivity contribution >= 4 is 5.78 Å². The largest absolute Gasteiger partial charge is 0.287 e. The summed E-state index contributed by atoms with van der Waals surface area (Å²) < 4.78 is 1.61. The van der Waals surface area contributed by atoms with E-state index in [0.717, 1.165) is 5.69 Å². The third kappa shape index (κ3) is 2.22. The van der Waals surface area contributed by atoms with Crippen molar-refractivity contribution in [2.45, 2.75) is 20.3 Å². The van der Waals surface area contributed by atoms with Gasteiger partial charge < -0.3 is 0 Å². The molecule has 17 heavy (non-hydrogen) atoms. The summed E-state index contributed by atoms with van der Waals surface area (Å²) in [5, 5.41) is 12.1. The van der Waals surface area contributed by atoms with E-state index >= 15 is 0 Å². The molecule has 0 unspecified atom stereocenters. The second-order valence-electron chi connectivity index (χ2n) is 3.90. The van der Waals surface area contributed by atoms with Crippen LogP contribution in [-0.4, -0.2) is 25.8 Å². The molecule has 0 spiro atoms. The van der Waals surface area contributed by atoms with Crippen LogP contribution in [-0.2, 0) is 13.5 Å². The number of aromatic nitrogens is 4. The van der Waals surface area contributed by atoms with E-state index in [1.54, 1.807) is 30.1 Å². The van der Waals surface area contributed by atoms with Crippen molar-refractivity contribution in [1.29, 1.82) is 0 Å². The minimum absolute atomic E-state index is 0.0968. The number of rotatable bonds is 3. The van der Waals surface area contributed by atoms with Crippen molar-refractivity contribution < 1.29 is 4.79 Å². The Balaban J connectivity index is 2.46. The fourth-order valence-corrected chi connectivity index (χ4v) is 1.65. The van der Waals surface area contributed by atoms with Crippen LogP contribution in [0.3, 0.4) is 0 Å². The van der Waals surface area contributed by atoms with Gasteiger partial charge in [0.2, 0.25) is 5.78 Å². The summed E-state index contributed by atoms with van der Waals surface area (Å²) in [7, 11) is 1.79. The Labute approximate surface area is 99.5 Å². The first-order chi connectivity index (χ1) is 8.11. The van der Waals surface area contributed by atoms with Gasteiger partial charge in [0.1, 0.15) is 5.69 Å². The van der Waals surface area contributed by atoms with E-state index in [-0.39, 0.29) is 5.78 Å². The molecule has 0 atom stereocenters. The summed E-state index contributed by atoms with van der Waals surface area (Å²) in [4.78, 5) is 12.2. The number of carbonyl (C=O) groups excluding carboxylic acids is 1. The minimum Gasteiger partial charge on any atom is -0.287 e. The Morgan fingerprint density at radius 2 is 2.18 bits per heavy atom. The molecular weight excluding hydrogens is 216 g/mol. The highest BCUT2D eigenvalue weighted by Crippen LogP contribution is 2.12. The van der Waals surface area contributed by atoms with Gasteiger partial charge in [-0.3, -0.25) is 9.48 Å². The van der Waals surface area contributed by atoms with Gasteiger partial charge in [-0.25, -0.2) is 0 Å². The Kier molecular flexibility index (Phi) is 2.99. The summed E-state index contributed by atoms with van der Waals surface area (Å²) in [6.07, 6.45) is 2.43. The third-order valence-electron chi connectivity index (χ3n) is 2.52. The van der Waals surface area contributed by atoms with Crippen molar-refractivity contribution in [3.8, 4) is 0 Å². The third-order valence-corrected chi connectivity index (χ3v) is 2.52. The highest BCUT2D eigenvalue weighted by Gasteiger charge is 2.16. The maximum Gasteiger partial charge on any atom is 0.215 e. The molecular formula is C12H14N4O. The van der Waals surface area contributed by atoms with Gasteiger partial charge in [-0.15, -0.1) is 0 Å². The van der Waals surface area contributed by atoms with Crippen LogP contribution in [0.5, 0.6) is 0 Å². The van der Waals surface area contributed by atoms with Crippen LogP contribution in [0.2, 0.25) is 0 Å². The Morgan fingerprint density at radius 3 is 2.76 bits per heavy atom. The van der Waals surface area contributed by atoms with Crippen molar-refractivity contribution in [2.24, 2.45) is 7.05 Å². The van der Waals surface area contributed by atoms with Crippen molar-refractivity contribution in [1.82, 2.24) is 20.0 Å². The highest BCUT2D eigenvalue weighted by atomic mass is 16.1. The second kappa shape index (κ2) is 4.45. The maximum absolute atomic E-state index is 12.2. The van der Waals surface area contributed by atoms with Gasteiger partial charge in [0, 0.05) is 18.8 Å². The summed E-state index contributed by atoms with van der Waals surface area (Å²) in [5.41, 5.74) is 2.49. The molecule has 0 N–H and O–H groups in total. The van der Waals surface area contributed by atoms with Gasteiger partial charge in [0.15, 0.2) is 0 Å². The van der Waals surface area contributed by atoms with Gasteiger partial charge in [0.25, 0.3) is 0 Å². The molecule has 0 saturated heterocycles. The molecule has 0 radical (unpaired) electrons. The average Bonchev–Trinajstić information content (AvgIpc) is 2.75. The predicted molar refractivity (Wildman–Crippen MR) is 62.8 cm³/mol. The lowest BCUT2D eigenvalue weighted by atomic mass is 10.1. The normalized spacial score (nSPS) is 10.5. The van der Waals surface area contributed by atoms with E-state index in [2.05, 4.69) is 15.3 Å². The minimum atomic E-state index is -0.0968. The predicted octanol–water partition coefficient (Wildman–Crippen LogP) is 1.31. The summed E-state index contributed by atoms with van der Waals surface area (Å²) >= 11 is 0. The van der Waals surface area contributed by atoms with Crippen LogP contribution in [0, 0.1) is 6.92 Å². The van der Waals surface area contributed by atoms with E-state index in [0.29, 0.717) is 23.4 Å². The first kappa shape index (κ1) is 11.4. The molecule has 0 aliphatic carbocycles. The molecule has 5 nitrogen and oxygen atoms in total. The quantitative estimate of drug-likeness (QED) is 0.746.